The third-order valence-electron chi connectivity index (χ3n) is 4.00. The summed E-state index contributed by atoms with van der Waals surface area (Å²) in [6, 6.07) is 2.82. The Kier molecular flexibility index (Phi) is 4.54. The van der Waals surface area contributed by atoms with Crippen molar-refractivity contribution in [3.63, 3.8) is 0 Å². The number of ether oxygens (including phenoxy) is 1. The van der Waals surface area contributed by atoms with E-state index in [1.807, 2.05) is 0 Å². The summed E-state index contributed by atoms with van der Waals surface area (Å²) < 4.78 is 32.6. The molecule has 0 aliphatic heterocycles. The van der Waals surface area contributed by atoms with Crippen LogP contribution >= 0.6 is 11.6 Å². The van der Waals surface area contributed by atoms with Crippen LogP contribution in [-0.4, -0.2) is 27.2 Å². The number of sulfonamides is 1. The molecule has 1 atom stereocenters. The van der Waals surface area contributed by atoms with E-state index >= 15 is 0 Å². The first-order valence-electron chi connectivity index (χ1n) is 6.68. The number of methoxy groups -OCH3 is 1. The predicted molar refractivity (Wildman–Crippen MR) is 81.0 cm³/mol. The van der Waals surface area contributed by atoms with Gasteiger partial charge in [-0.25, -0.2) is 13.1 Å². The quantitative estimate of drug-likeness (QED) is 0.836. The minimum atomic E-state index is -3.73. The van der Waals surface area contributed by atoms with Crippen molar-refractivity contribution in [2.45, 2.75) is 31.8 Å². The van der Waals surface area contributed by atoms with E-state index in [-0.39, 0.29) is 27.7 Å². The molecule has 0 radical (unpaired) electrons. The van der Waals surface area contributed by atoms with Gasteiger partial charge >= 0.3 is 0 Å². The highest BCUT2D eigenvalue weighted by molar-refractivity contribution is 7.89. The summed E-state index contributed by atoms with van der Waals surface area (Å²) in [4.78, 5) is -0.0417. The standard InChI is InChI=1S/C14H20ClNO4S/c1-14(2)6-10(14)7-16-21(18,19)12-5-11(15)4-9(8-17)13(12)20-3/h4-5,10,16-17H,6-8H2,1-3H3. The van der Waals surface area contributed by atoms with Gasteiger partial charge in [-0.3, -0.25) is 0 Å². The van der Waals surface area contributed by atoms with Crippen LogP contribution in [0.4, 0.5) is 0 Å². The summed E-state index contributed by atoms with van der Waals surface area (Å²) >= 11 is 5.93. The lowest BCUT2D eigenvalue weighted by molar-refractivity contribution is 0.272. The van der Waals surface area contributed by atoms with Gasteiger partial charge in [-0.1, -0.05) is 25.4 Å². The van der Waals surface area contributed by atoms with Gasteiger partial charge in [0, 0.05) is 17.1 Å². The van der Waals surface area contributed by atoms with Gasteiger partial charge in [0.05, 0.1) is 13.7 Å². The number of rotatable bonds is 6. The summed E-state index contributed by atoms with van der Waals surface area (Å²) in [6.45, 7) is 4.26. The predicted octanol–water partition coefficient (Wildman–Crippen LogP) is 2.17. The molecule has 1 aromatic rings. The summed E-state index contributed by atoms with van der Waals surface area (Å²) in [5.41, 5.74) is 0.536. The Labute approximate surface area is 130 Å². The first-order valence-corrected chi connectivity index (χ1v) is 8.54. The molecule has 1 aliphatic carbocycles. The van der Waals surface area contributed by atoms with Crippen molar-refractivity contribution in [2.75, 3.05) is 13.7 Å². The number of nitrogens with one attached hydrogen (secondary N) is 1. The lowest BCUT2D eigenvalue weighted by atomic mass is 10.1. The molecule has 0 bridgehead atoms. The average Bonchev–Trinajstić information content (AvgIpc) is 3.03. The third kappa shape index (κ3) is 3.51. The van der Waals surface area contributed by atoms with Gasteiger partial charge in [0.1, 0.15) is 10.6 Å². The monoisotopic (exact) mass is 333 g/mol. The van der Waals surface area contributed by atoms with Crippen LogP contribution in [0.25, 0.3) is 0 Å². The van der Waals surface area contributed by atoms with E-state index in [0.29, 0.717) is 18.0 Å². The van der Waals surface area contributed by atoms with Crippen molar-refractivity contribution in [1.29, 1.82) is 0 Å². The van der Waals surface area contributed by atoms with E-state index in [2.05, 4.69) is 18.6 Å². The number of hydrogen-bond acceptors (Lipinski definition) is 4. The minimum Gasteiger partial charge on any atom is -0.495 e. The van der Waals surface area contributed by atoms with Crippen molar-refractivity contribution >= 4 is 21.6 Å². The first kappa shape index (κ1) is 16.5. The number of aliphatic hydroxyl groups is 1. The highest BCUT2D eigenvalue weighted by Crippen LogP contribution is 2.51. The van der Waals surface area contributed by atoms with E-state index < -0.39 is 10.0 Å². The van der Waals surface area contributed by atoms with Gasteiger partial charge in [0.25, 0.3) is 0 Å². The van der Waals surface area contributed by atoms with Gasteiger partial charge in [0.2, 0.25) is 10.0 Å². The Balaban J connectivity index is 2.28. The summed E-state index contributed by atoms with van der Waals surface area (Å²) in [7, 11) is -2.37. The minimum absolute atomic E-state index is 0.0417. The Morgan fingerprint density at radius 2 is 2.10 bits per heavy atom. The molecule has 0 saturated heterocycles. The highest BCUT2D eigenvalue weighted by Gasteiger charge is 2.45. The topological polar surface area (TPSA) is 75.6 Å². The van der Waals surface area contributed by atoms with E-state index in [4.69, 9.17) is 16.3 Å². The van der Waals surface area contributed by atoms with Crippen molar-refractivity contribution < 1.29 is 18.3 Å². The second-order valence-electron chi connectivity index (χ2n) is 6.00. The molecule has 1 saturated carbocycles. The maximum absolute atomic E-state index is 12.4. The summed E-state index contributed by atoms with van der Waals surface area (Å²) in [5.74, 6) is 0.472. The number of halogens is 1. The van der Waals surface area contributed by atoms with Crippen LogP contribution in [0, 0.1) is 11.3 Å². The molecule has 0 aromatic heterocycles. The molecular weight excluding hydrogens is 314 g/mol. The molecule has 0 spiro atoms. The Hall–Kier alpha value is -0.820. The molecule has 0 amide bonds. The molecule has 5 nitrogen and oxygen atoms in total. The second kappa shape index (κ2) is 5.76. The largest absolute Gasteiger partial charge is 0.495 e. The van der Waals surface area contributed by atoms with E-state index in [9.17, 15) is 13.5 Å². The number of benzene rings is 1. The van der Waals surface area contributed by atoms with Gasteiger partial charge in [0.15, 0.2) is 0 Å². The maximum Gasteiger partial charge on any atom is 0.244 e. The Bertz CT molecular complexity index is 643. The molecule has 1 fully saturated rings. The molecule has 7 heteroatoms. The van der Waals surface area contributed by atoms with Crippen LogP contribution < -0.4 is 9.46 Å². The van der Waals surface area contributed by atoms with Crippen molar-refractivity contribution in [2.24, 2.45) is 11.3 Å². The number of aliphatic hydroxyl groups excluding tert-OH is 1. The van der Waals surface area contributed by atoms with Crippen LogP contribution in [0.1, 0.15) is 25.8 Å². The van der Waals surface area contributed by atoms with Crippen molar-refractivity contribution in [3.8, 4) is 5.75 Å². The molecule has 1 aromatic carbocycles. The molecule has 21 heavy (non-hydrogen) atoms. The molecule has 0 heterocycles. The molecule has 2 N–H and O–H groups in total. The van der Waals surface area contributed by atoms with Gasteiger partial charge < -0.3 is 9.84 Å². The molecule has 2 rings (SSSR count). The SMILES string of the molecule is COc1c(CO)cc(Cl)cc1S(=O)(=O)NCC1CC1(C)C. The van der Waals surface area contributed by atoms with Crippen molar-refractivity contribution in [1.82, 2.24) is 4.72 Å². The van der Waals surface area contributed by atoms with Crippen LogP contribution in [0.2, 0.25) is 5.02 Å². The zero-order chi connectivity index (χ0) is 15.8. The zero-order valence-electron chi connectivity index (χ0n) is 12.3. The fourth-order valence-electron chi connectivity index (χ4n) is 2.38. The first-order chi connectivity index (χ1) is 9.71. The summed E-state index contributed by atoms with van der Waals surface area (Å²) in [6.07, 6.45) is 1.00. The van der Waals surface area contributed by atoms with Gasteiger partial charge in [-0.05, 0) is 29.9 Å². The number of hydrogen-bond donors (Lipinski definition) is 2. The van der Waals surface area contributed by atoms with E-state index in [0.717, 1.165) is 6.42 Å². The van der Waals surface area contributed by atoms with Crippen molar-refractivity contribution in [3.05, 3.63) is 22.7 Å². The third-order valence-corrected chi connectivity index (χ3v) is 5.65. The van der Waals surface area contributed by atoms with Crippen LogP contribution in [0.5, 0.6) is 5.75 Å². The van der Waals surface area contributed by atoms with Crippen LogP contribution in [0.3, 0.4) is 0 Å². The molecule has 1 aliphatic rings. The summed E-state index contributed by atoms with van der Waals surface area (Å²) in [5, 5.41) is 9.55. The normalized spacial score (nSPS) is 20.3. The average molecular weight is 334 g/mol. The van der Waals surface area contributed by atoms with E-state index in [1.165, 1.54) is 19.2 Å². The molecule has 118 valence electrons. The maximum atomic E-state index is 12.4. The van der Waals surface area contributed by atoms with Gasteiger partial charge in [-0.2, -0.15) is 0 Å². The molecular formula is C14H20ClNO4S. The lowest BCUT2D eigenvalue weighted by Gasteiger charge is -2.14. The Morgan fingerprint density at radius 3 is 2.57 bits per heavy atom. The second-order valence-corrected chi connectivity index (χ2v) is 8.17. The Morgan fingerprint density at radius 1 is 1.48 bits per heavy atom. The fourth-order valence-corrected chi connectivity index (χ4v) is 4.01. The lowest BCUT2D eigenvalue weighted by Crippen LogP contribution is -2.27. The van der Waals surface area contributed by atoms with Crippen LogP contribution in [0.15, 0.2) is 17.0 Å². The highest BCUT2D eigenvalue weighted by atomic mass is 35.5. The zero-order valence-corrected chi connectivity index (χ0v) is 13.9. The van der Waals surface area contributed by atoms with E-state index in [1.54, 1.807) is 0 Å². The smallest absolute Gasteiger partial charge is 0.244 e. The fraction of sp³-hybridized carbons (Fsp3) is 0.571. The van der Waals surface area contributed by atoms with Crippen LogP contribution in [-0.2, 0) is 16.6 Å². The molecule has 1 unspecified atom stereocenters. The van der Waals surface area contributed by atoms with Gasteiger partial charge in [-0.15, -0.1) is 0 Å².